The molecule has 0 aromatic carbocycles. The first-order valence-electron chi connectivity index (χ1n) is 10.1. The SMILES string of the molecule is Cc1[nH]c(C(=O)C[C@@H]2CCN(c3nc(-c4cnccn4)c(C(=O)O)s3)C[C@@H]2C)c(Cl)c1Cl. The van der Waals surface area contributed by atoms with Crippen LogP contribution in [0.1, 0.15) is 45.6 Å². The number of aromatic carboxylic acids is 1. The summed E-state index contributed by atoms with van der Waals surface area (Å²) in [5.41, 5.74) is 1.80. The number of carboxylic acid groups (broad SMARTS) is 1. The first-order chi connectivity index (χ1) is 15.3. The summed E-state index contributed by atoms with van der Waals surface area (Å²) in [7, 11) is 0. The summed E-state index contributed by atoms with van der Waals surface area (Å²) in [6, 6.07) is 0. The van der Waals surface area contributed by atoms with Gasteiger partial charge in [-0.2, -0.15) is 0 Å². The van der Waals surface area contributed by atoms with Gasteiger partial charge in [0.15, 0.2) is 10.9 Å². The number of hydrogen-bond acceptors (Lipinski definition) is 7. The van der Waals surface area contributed by atoms with Crippen LogP contribution in [0.15, 0.2) is 18.6 Å². The van der Waals surface area contributed by atoms with E-state index in [1.165, 1.54) is 18.6 Å². The second-order valence-corrected chi connectivity index (χ2v) is 9.66. The molecule has 1 fully saturated rings. The number of carbonyl (C=O) groups excluding carboxylic acids is 1. The lowest BCUT2D eigenvalue weighted by Gasteiger charge is -2.36. The summed E-state index contributed by atoms with van der Waals surface area (Å²) in [5.74, 6) is -0.715. The van der Waals surface area contributed by atoms with Crippen LogP contribution in [0.2, 0.25) is 10.0 Å². The molecule has 0 amide bonds. The number of ketones is 1. The lowest BCUT2D eigenvalue weighted by Crippen LogP contribution is -2.40. The van der Waals surface area contributed by atoms with E-state index in [0.717, 1.165) is 17.8 Å². The minimum Gasteiger partial charge on any atom is -0.477 e. The van der Waals surface area contributed by atoms with Gasteiger partial charge in [-0.3, -0.25) is 14.8 Å². The molecule has 4 rings (SSSR count). The Kier molecular flexibility index (Phi) is 6.50. The molecule has 1 saturated heterocycles. The fraction of sp³-hybridized carbons (Fsp3) is 0.381. The van der Waals surface area contributed by atoms with Gasteiger partial charge in [-0.1, -0.05) is 41.5 Å². The molecule has 2 atom stereocenters. The number of carbonyl (C=O) groups is 2. The number of H-pyrrole nitrogens is 1. The molecule has 0 aliphatic carbocycles. The molecule has 0 spiro atoms. The minimum atomic E-state index is -1.04. The molecule has 1 aliphatic rings. The third-order valence-electron chi connectivity index (χ3n) is 5.75. The van der Waals surface area contributed by atoms with Gasteiger partial charge in [-0.05, 0) is 25.2 Å². The number of nitrogens with one attached hydrogen (secondary N) is 1. The highest BCUT2D eigenvalue weighted by Crippen LogP contribution is 2.37. The minimum absolute atomic E-state index is 0.0531. The fourth-order valence-corrected chi connectivity index (χ4v) is 5.34. The Bertz CT molecular complexity index is 1160. The summed E-state index contributed by atoms with van der Waals surface area (Å²) < 4.78 is 0. The number of carboxylic acids is 1. The van der Waals surface area contributed by atoms with Gasteiger partial charge in [0.25, 0.3) is 0 Å². The maximum absolute atomic E-state index is 12.8. The van der Waals surface area contributed by atoms with Crippen molar-refractivity contribution in [2.24, 2.45) is 11.8 Å². The lowest BCUT2D eigenvalue weighted by molar-refractivity contribution is 0.0702. The summed E-state index contributed by atoms with van der Waals surface area (Å²) >= 11 is 13.4. The van der Waals surface area contributed by atoms with Crippen molar-refractivity contribution in [1.29, 1.82) is 0 Å². The van der Waals surface area contributed by atoms with Crippen molar-refractivity contribution in [1.82, 2.24) is 19.9 Å². The molecule has 2 N–H and O–H groups in total. The zero-order valence-corrected chi connectivity index (χ0v) is 19.8. The first kappa shape index (κ1) is 22.7. The van der Waals surface area contributed by atoms with Crippen molar-refractivity contribution in [3.63, 3.8) is 0 Å². The van der Waals surface area contributed by atoms with Crippen molar-refractivity contribution in [3.05, 3.63) is 44.9 Å². The van der Waals surface area contributed by atoms with Gasteiger partial charge in [-0.25, -0.2) is 9.78 Å². The zero-order chi connectivity index (χ0) is 23.0. The molecule has 3 aromatic heterocycles. The van der Waals surface area contributed by atoms with Gasteiger partial charge in [0.1, 0.15) is 22.0 Å². The quantitative estimate of drug-likeness (QED) is 0.465. The first-order valence-corrected chi connectivity index (χ1v) is 11.7. The van der Waals surface area contributed by atoms with Crippen LogP contribution in [-0.2, 0) is 0 Å². The van der Waals surface area contributed by atoms with Crippen LogP contribution in [0.5, 0.6) is 0 Å². The van der Waals surface area contributed by atoms with Crippen molar-refractivity contribution in [3.8, 4) is 11.4 Å². The van der Waals surface area contributed by atoms with E-state index in [1.54, 1.807) is 6.92 Å². The summed E-state index contributed by atoms with van der Waals surface area (Å²) in [6.07, 6.45) is 5.69. The number of piperidine rings is 1. The van der Waals surface area contributed by atoms with Gasteiger partial charge < -0.3 is 15.0 Å². The number of anilines is 1. The number of aromatic amines is 1. The van der Waals surface area contributed by atoms with Crippen LogP contribution in [0.25, 0.3) is 11.4 Å². The number of nitrogens with zero attached hydrogens (tertiary/aromatic N) is 4. The maximum Gasteiger partial charge on any atom is 0.348 e. The number of halogens is 2. The Balaban J connectivity index is 1.48. The van der Waals surface area contributed by atoms with E-state index in [-0.39, 0.29) is 27.5 Å². The highest BCUT2D eigenvalue weighted by atomic mass is 35.5. The molecule has 11 heteroatoms. The highest BCUT2D eigenvalue weighted by molar-refractivity contribution is 7.17. The van der Waals surface area contributed by atoms with E-state index in [2.05, 4.69) is 31.8 Å². The Morgan fingerprint density at radius 2 is 2.09 bits per heavy atom. The number of thiazole rings is 1. The van der Waals surface area contributed by atoms with E-state index < -0.39 is 5.97 Å². The van der Waals surface area contributed by atoms with E-state index in [9.17, 15) is 14.7 Å². The molecule has 0 saturated carbocycles. The van der Waals surface area contributed by atoms with Crippen molar-refractivity contribution >= 4 is 51.4 Å². The van der Waals surface area contributed by atoms with Gasteiger partial charge in [0, 0.05) is 37.6 Å². The summed E-state index contributed by atoms with van der Waals surface area (Å²) in [5, 5.41) is 10.9. The average molecular weight is 494 g/mol. The smallest absolute Gasteiger partial charge is 0.348 e. The molecule has 3 aromatic rings. The molecule has 0 radical (unpaired) electrons. The predicted octanol–water partition coefficient (Wildman–Crippen LogP) is 4.98. The van der Waals surface area contributed by atoms with Crippen molar-refractivity contribution in [2.45, 2.75) is 26.7 Å². The molecule has 8 nitrogen and oxygen atoms in total. The Hall–Kier alpha value is -2.49. The molecule has 32 heavy (non-hydrogen) atoms. The molecule has 168 valence electrons. The van der Waals surface area contributed by atoms with Crippen LogP contribution >= 0.6 is 34.5 Å². The summed E-state index contributed by atoms with van der Waals surface area (Å²) in [6.45, 7) is 5.21. The summed E-state index contributed by atoms with van der Waals surface area (Å²) in [4.78, 5) is 42.5. The van der Waals surface area contributed by atoms with E-state index in [1.807, 2.05) is 0 Å². The van der Waals surface area contributed by atoms with Gasteiger partial charge in [-0.15, -0.1) is 0 Å². The van der Waals surface area contributed by atoms with Gasteiger partial charge in [0.05, 0.1) is 16.2 Å². The van der Waals surface area contributed by atoms with E-state index in [0.29, 0.717) is 52.4 Å². The van der Waals surface area contributed by atoms with Crippen LogP contribution in [0.4, 0.5) is 5.13 Å². The number of rotatable bonds is 6. The molecule has 4 heterocycles. The second-order valence-electron chi connectivity index (χ2n) is 7.92. The molecule has 0 unspecified atom stereocenters. The third kappa shape index (κ3) is 4.37. The van der Waals surface area contributed by atoms with E-state index >= 15 is 0 Å². The van der Waals surface area contributed by atoms with Crippen LogP contribution < -0.4 is 4.90 Å². The normalized spacial score (nSPS) is 18.7. The molecular weight excluding hydrogens is 473 g/mol. The zero-order valence-electron chi connectivity index (χ0n) is 17.4. The molecular formula is C21H21Cl2N5O3S. The van der Waals surface area contributed by atoms with Crippen LogP contribution in [-0.4, -0.2) is 49.9 Å². The maximum atomic E-state index is 12.8. The molecule has 0 bridgehead atoms. The standard InChI is InChI=1S/C21H21Cl2N5O3S/c1-10-9-28(6-3-12(10)7-14(29)18-16(23)15(22)11(2)26-18)21-27-17(19(32-21)20(30)31)13-8-24-4-5-25-13/h4-5,8,10,12,26H,3,6-7,9H2,1-2H3,(H,30,31)/t10-,12-/m0/s1. The predicted molar refractivity (Wildman–Crippen MR) is 124 cm³/mol. The van der Waals surface area contributed by atoms with Crippen LogP contribution in [0, 0.1) is 18.8 Å². The second kappa shape index (κ2) is 9.17. The fourth-order valence-electron chi connectivity index (χ4n) is 3.96. The van der Waals surface area contributed by atoms with Crippen LogP contribution in [0.3, 0.4) is 0 Å². The lowest BCUT2D eigenvalue weighted by atomic mass is 9.83. The molecule has 1 aliphatic heterocycles. The van der Waals surface area contributed by atoms with Crippen molar-refractivity contribution < 1.29 is 14.7 Å². The highest BCUT2D eigenvalue weighted by Gasteiger charge is 2.32. The van der Waals surface area contributed by atoms with Gasteiger partial charge >= 0.3 is 5.97 Å². The largest absolute Gasteiger partial charge is 0.477 e. The Morgan fingerprint density at radius 1 is 1.31 bits per heavy atom. The topological polar surface area (TPSA) is 112 Å². The number of Topliss-reactive ketones (excluding diaryl/α,β-unsaturated/α-hetero) is 1. The Morgan fingerprint density at radius 3 is 2.69 bits per heavy atom. The number of aromatic nitrogens is 4. The monoisotopic (exact) mass is 493 g/mol. The average Bonchev–Trinajstić information content (AvgIpc) is 3.33. The Labute approximate surface area is 198 Å². The third-order valence-corrected chi connectivity index (χ3v) is 7.80. The van der Waals surface area contributed by atoms with E-state index in [4.69, 9.17) is 23.2 Å². The van der Waals surface area contributed by atoms with Gasteiger partial charge in [0.2, 0.25) is 0 Å². The van der Waals surface area contributed by atoms with Crippen molar-refractivity contribution in [2.75, 3.05) is 18.0 Å². The number of hydrogen-bond donors (Lipinski definition) is 2. The number of aryl methyl sites for hydroxylation is 1.